The fraction of sp³-hybridized carbons (Fsp3) is 0.370. The van der Waals surface area contributed by atoms with Crippen LogP contribution in [0.4, 0.5) is 0 Å². The Bertz CT molecular complexity index is 1160. The Balaban J connectivity index is 1.22. The molecule has 10 nitrogen and oxygen atoms in total. The van der Waals surface area contributed by atoms with Crippen LogP contribution in [0.2, 0.25) is 0 Å². The van der Waals surface area contributed by atoms with Gasteiger partial charge in [-0.1, -0.05) is 6.07 Å². The van der Waals surface area contributed by atoms with Crippen molar-refractivity contribution in [1.82, 2.24) is 15.2 Å². The van der Waals surface area contributed by atoms with E-state index >= 15 is 0 Å². The lowest BCUT2D eigenvalue weighted by molar-refractivity contribution is 0.0303. The van der Waals surface area contributed by atoms with Gasteiger partial charge in [-0.3, -0.25) is 9.59 Å². The van der Waals surface area contributed by atoms with Gasteiger partial charge in [0.2, 0.25) is 0 Å². The average molecular weight is 509 g/mol. The molecule has 1 fully saturated rings. The van der Waals surface area contributed by atoms with Crippen molar-refractivity contribution in [2.75, 3.05) is 32.8 Å². The number of nitrogens with zero attached hydrogens (tertiary/aromatic N) is 2. The second kappa shape index (κ2) is 13.0. The number of aliphatic hydroxyl groups is 1. The van der Waals surface area contributed by atoms with Crippen molar-refractivity contribution < 1.29 is 28.6 Å². The molecule has 0 saturated carbocycles. The zero-order valence-corrected chi connectivity index (χ0v) is 20.6. The second-order valence-corrected chi connectivity index (χ2v) is 8.78. The van der Waals surface area contributed by atoms with E-state index in [1.807, 2.05) is 18.2 Å². The molecule has 2 aromatic carbocycles. The van der Waals surface area contributed by atoms with Gasteiger partial charge in [0.05, 0.1) is 25.5 Å². The quantitative estimate of drug-likeness (QED) is 0.357. The first-order valence-corrected chi connectivity index (χ1v) is 12.3. The second-order valence-electron chi connectivity index (χ2n) is 8.78. The summed E-state index contributed by atoms with van der Waals surface area (Å²) in [6.45, 7) is 2.92. The smallest absolute Gasteiger partial charge is 0.254 e. The molecule has 1 aliphatic rings. The molecule has 1 atom stereocenters. The van der Waals surface area contributed by atoms with E-state index in [9.17, 15) is 14.7 Å². The van der Waals surface area contributed by atoms with Crippen LogP contribution in [0.1, 0.15) is 44.0 Å². The summed E-state index contributed by atoms with van der Waals surface area (Å²) < 4.78 is 16.2. The fourth-order valence-corrected chi connectivity index (χ4v) is 4.04. The van der Waals surface area contributed by atoms with E-state index in [0.29, 0.717) is 68.3 Å². The van der Waals surface area contributed by atoms with Crippen LogP contribution in [0.15, 0.2) is 59.5 Å². The molecule has 37 heavy (non-hydrogen) atoms. The van der Waals surface area contributed by atoms with Crippen LogP contribution in [-0.4, -0.2) is 65.8 Å². The number of aromatic nitrogens is 1. The zero-order chi connectivity index (χ0) is 26.0. The third-order valence-electron chi connectivity index (χ3n) is 6.20. The molecule has 0 spiro atoms. The van der Waals surface area contributed by atoms with E-state index in [-0.39, 0.29) is 25.0 Å². The van der Waals surface area contributed by atoms with E-state index in [0.717, 1.165) is 11.1 Å². The molecule has 0 radical (unpaired) electrons. The van der Waals surface area contributed by atoms with Gasteiger partial charge in [0, 0.05) is 37.3 Å². The number of hydrogen-bond acceptors (Lipinski definition) is 8. The molecule has 4 rings (SSSR count). The predicted octanol–water partition coefficient (Wildman–Crippen LogP) is 1.91. The normalized spacial score (nSPS) is 14.3. The maximum atomic E-state index is 12.5. The highest BCUT2D eigenvalue weighted by molar-refractivity contribution is 5.97. The van der Waals surface area contributed by atoms with E-state index in [2.05, 4.69) is 10.3 Å². The number of carbonyl (C=O) groups excluding carboxylic acids is 2. The molecule has 0 aliphatic carbocycles. The SMILES string of the molecule is NCc1cc(OCc2cnco2)ccc1CC[C@H](O)CNC(=O)c1ccc(C(=O)N2CCOCC2)cc1. The molecule has 1 aliphatic heterocycles. The third kappa shape index (κ3) is 7.39. The van der Waals surface area contributed by atoms with Gasteiger partial charge in [0.15, 0.2) is 12.2 Å². The Kier molecular flexibility index (Phi) is 9.25. The summed E-state index contributed by atoms with van der Waals surface area (Å²) in [4.78, 5) is 30.7. The van der Waals surface area contributed by atoms with E-state index in [4.69, 9.17) is 19.6 Å². The summed E-state index contributed by atoms with van der Waals surface area (Å²) in [6, 6.07) is 12.2. The molecule has 0 bridgehead atoms. The highest BCUT2D eigenvalue weighted by Gasteiger charge is 2.19. The number of rotatable bonds is 11. The summed E-state index contributed by atoms with van der Waals surface area (Å²) in [5, 5.41) is 13.2. The first-order chi connectivity index (χ1) is 18.0. The minimum atomic E-state index is -0.723. The molecule has 1 saturated heterocycles. The standard InChI is InChI=1S/C27H32N4O6/c28-14-22-13-24(36-17-25-16-29-18-37-25)8-6-19(22)5-7-23(32)15-30-26(33)20-1-3-21(4-2-20)27(34)31-9-11-35-12-10-31/h1-4,6,8,13,16,18,23,32H,5,7,9-12,14-15,17,28H2,(H,30,33)/t23-/m0/s1. The summed E-state index contributed by atoms with van der Waals surface area (Å²) in [5.74, 6) is 0.921. The van der Waals surface area contributed by atoms with E-state index in [1.54, 1.807) is 35.4 Å². The largest absolute Gasteiger partial charge is 0.486 e. The van der Waals surface area contributed by atoms with Crippen LogP contribution in [0, 0.1) is 0 Å². The minimum absolute atomic E-state index is 0.0723. The van der Waals surface area contributed by atoms with Crippen molar-refractivity contribution in [2.45, 2.75) is 32.1 Å². The lowest BCUT2D eigenvalue weighted by Gasteiger charge is -2.26. The molecule has 2 heterocycles. The van der Waals surface area contributed by atoms with Crippen LogP contribution in [0.5, 0.6) is 5.75 Å². The number of carbonyl (C=O) groups is 2. The molecule has 10 heteroatoms. The Morgan fingerprint density at radius 2 is 1.86 bits per heavy atom. The molecular weight excluding hydrogens is 476 g/mol. The molecule has 0 unspecified atom stereocenters. The number of amides is 2. The number of aliphatic hydroxyl groups excluding tert-OH is 1. The number of oxazole rings is 1. The van der Waals surface area contributed by atoms with Gasteiger partial charge in [-0.25, -0.2) is 4.98 Å². The molecule has 2 amide bonds. The van der Waals surface area contributed by atoms with Gasteiger partial charge in [0.25, 0.3) is 11.8 Å². The molecular formula is C27H32N4O6. The van der Waals surface area contributed by atoms with Crippen LogP contribution < -0.4 is 15.8 Å². The lowest BCUT2D eigenvalue weighted by atomic mass is 10.0. The van der Waals surface area contributed by atoms with Crippen molar-refractivity contribution in [1.29, 1.82) is 0 Å². The minimum Gasteiger partial charge on any atom is -0.486 e. The lowest BCUT2D eigenvalue weighted by Crippen LogP contribution is -2.40. The van der Waals surface area contributed by atoms with Gasteiger partial charge in [-0.2, -0.15) is 0 Å². The fourth-order valence-electron chi connectivity index (χ4n) is 4.04. The van der Waals surface area contributed by atoms with Crippen molar-refractivity contribution in [2.24, 2.45) is 5.73 Å². The number of ether oxygens (including phenoxy) is 2. The summed E-state index contributed by atoms with van der Waals surface area (Å²) in [5.41, 5.74) is 8.82. The first kappa shape index (κ1) is 26.3. The zero-order valence-electron chi connectivity index (χ0n) is 20.6. The van der Waals surface area contributed by atoms with Gasteiger partial charge >= 0.3 is 0 Å². The molecule has 4 N–H and O–H groups in total. The molecule has 3 aromatic rings. The first-order valence-electron chi connectivity index (χ1n) is 12.3. The van der Waals surface area contributed by atoms with Crippen molar-refractivity contribution in [3.05, 3.63) is 83.1 Å². The Hall–Kier alpha value is -3.73. The number of morpholine rings is 1. The van der Waals surface area contributed by atoms with E-state index < -0.39 is 6.10 Å². The van der Waals surface area contributed by atoms with Gasteiger partial charge in [-0.15, -0.1) is 0 Å². The number of hydrogen-bond donors (Lipinski definition) is 3. The van der Waals surface area contributed by atoms with Crippen LogP contribution >= 0.6 is 0 Å². The van der Waals surface area contributed by atoms with E-state index in [1.165, 1.54) is 6.39 Å². The van der Waals surface area contributed by atoms with Gasteiger partial charge in [-0.05, 0) is 60.4 Å². The highest BCUT2D eigenvalue weighted by atomic mass is 16.5. The third-order valence-corrected chi connectivity index (χ3v) is 6.20. The molecule has 1 aromatic heterocycles. The monoisotopic (exact) mass is 508 g/mol. The Labute approximate surface area is 215 Å². The maximum Gasteiger partial charge on any atom is 0.254 e. The maximum absolute atomic E-state index is 12.5. The number of nitrogens with one attached hydrogen (secondary N) is 1. The topological polar surface area (TPSA) is 140 Å². The number of benzene rings is 2. The van der Waals surface area contributed by atoms with Crippen LogP contribution in [-0.2, 0) is 24.3 Å². The Morgan fingerprint density at radius 1 is 1.11 bits per heavy atom. The predicted molar refractivity (Wildman–Crippen MR) is 135 cm³/mol. The van der Waals surface area contributed by atoms with Crippen LogP contribution in [0.25, 0.3) is 0 Å². The summed E-state index contributed by atoms with van der Waals surface area (Å²) >= 11 is 0. The number of aryl methyl sites for hydroxylation is 1. The van der Waals surface area contributed by atoms with Gasteiger partial charge in [0.1, 0.15) is 12.4 Å². The number of nitrogens with two attached hydrogens (primary N) is 1. The molecule has 196 valence electrons. The highest BCUT2D eigenvalue weighted by Crippen LogP contribution is 2.21. The van der Waals surface area contributed by atoms with Crippen LogP contribution in [0.3, 0.4) is 0 Å². The summed E-state index contributed by atoms with van der Waals surface area (Å²) in [6.07, 6.45) is 3.29. The summed E-state index contributed by atoms with van der Waals surface area (Å²) in [7, 11) is 0. The van der Waals surface area contributed by atoms with Crippen molar-refractivity contribution in [3.8, 4) is 5.75 Å². The van der Waals surface area contributed by atoms with Crippen molar-refractivity contribution in [3.63, 3.8) is 0 Å². The Morgan fingerprint density at radius 3 is 2.57 bits per heavy atom. The average Bonchev–Trinajstić information content (AvgIpc) is 3.48. The van der Waals surface area contributed by atoms with Crippen molar-refractivity contribution >= 4 is 11.8 Å². The van der Waals surface area contributed by atoms with Gasteiger partial charge < -0.3 is 34.9 Å².